The third kappa shape index (κ3) is 4.19. The average Bonchev–Trinajstić information content (AvgIpc) is 2.85. The van der Waals surface area contributed by atoms with Gasteiger partial charge in [-0.25, -0.2) is 4.39 Å². The van der Waals surface area contributed by atoms with Crippen LogP contribution in [0.2, 0.25) is 0 Å². The SMILES string of the molecule is COC(=O)CSc1nnc(CNc2ccc(F)cc2)n1C. The number of nitrogens with zero attached hydrogens (tertiary/aromatic N) is 3. The highest BCUT2D eigenvalue weighted by atomic mass is 32.2. The number of ether oxygens (including phenoxy) is 1. The maximum Gasteiger partial charge on any atom is 0.316 e. The number of thioether (sulfide) groups is 1. The first kappa shape index (κ1) is 15.3. The van der Waals surface area contributed by atoms with Gasteiger partial charge in [0.05, 0.1) is 19.4 Å². The minimum Gasteiger partial charge on any atom is -0.468 e. The molecule has 0 spiro atoms. The first-order valence-corrected chi connectivity index (χ1v) is 7.16. The van der Waals surface area contributed by atoms with Crippen molar-refractivity contribution in [2.24, 2.45) is 7.05 Å². The van der Waals surface area contributed by atoms with Crippen LogP contribution in [0.25, 0.3) is 0 Å². The quantitative estimate of drug-likeness (QED) is 0.648. The molecule has 1 aromatic carbocycles. The Morgan fingerprint density at radius 3 is 2.76 bits per heavy atom. The van der Waals surface area contributed by atoms with E-state index in [0.29, 0.717) is 17.5 Å². The summed E-state index contributed by atoms with van der Waals surface area (Å²) in [5.74, 6) is 0.315. The van der Waals surface area contributed by atoms with E-state index in [4.69, 9.17) is 0 Å². The molecule has 0 amide bonds. The molecule has 8 heteroatoms. The summed E-state index contributed by atoms with van der Waals surface area (Å²) in [5.41, 5.74) is 0.795. The molecule has 0 aliphatic rings. The summed E-state index contributed by atoms with van der Waals surface area (Å²) in [5, 5.41) is 11.8. The van der Waals surface area contributed by atoms with Gasteiger partial charge in [-0.1, -0.05) is 11.8 Å². The molecule has 0 unspecified atom stereocenters. The van der Waals surface area contributed by atoms with Gasteiger partial charge in [0.2, 0.25) is 0 Å². The van der Waals surface area contributed by atoms with Crippen molar-refractivity contribution in [3.8, 4) is 0 Å². The zero-order valence-corrected chi connectivity index (χ0v) is 12.5. The lowest BCUT2D eigenvalue weighted by molar-refractivity contribution is -0.137. The Bertz CT molecular complexity index is 615. The lowest BCUT2D eigenvalue weighted by Gasteiger charge is -2.06. The molecule has 0 saturated carbocycles. The van der Waals surface area contributed by atoms with E-state index in [0.717, 1.165) is 5.69 Å². The van der Waals surface area contributed by atoms with Crippen molar-refractivity contribution < 1.29 is 13.9 Å². The molecule has 0 saturated heterocycles. The molecule has 1 heterocycles. The fourth-order valence-corrected chi connectivity index (χ4v) is 2.32. The summed E-state index contributed by atoms with van der Waals surface area (Å²) >= 11 is 1.26. The maximum absolute atomic E-state index is 12.8. The summed E-state index contributed by atoms with van der Waals surface area (Å²) in [6.07, 6.45) is 0. The predicted molar refractivity (Wildman–Crippen MR) is 77.5 cm³/mol. The van der Waals surface area contributed by atoms with Crippen molar-refractivity contribution in [3.63, 3.8) is 0 Å². The Balaban J connectivity index is 1.93. The number of anilines is 1. The van der Waals surface area contributed by atoms with E-state index in [-0.39, 0.29) is 17.5 Å². The van der Waals surface area contributed by atoms with Crippen LogP contribution in [0.3, 0.4) is 0 Å². The van der Waals surface area contributed by atoms with Crippen LogP contribution in [-0.4, -0.2) is 33.6 Å². The second-order valence-corrected chi connectivity index (χ2v) is 5.13. The van der Waals surface area contributed by atoms with E-state index < -0.39 is 0 Å². The molecule has 0 bridgehead atoms. The van der Waals surface area contributed by atoms with Gasteiger partial charge >= 0.3 is 5.97 Å². The van der Waals surface area contributed by atoms with Gasteiger partial charge in [-0.15, -0.1) is 10.2 Å². The van der Waals surface area contributed by atoms with Gasteiger partial charge in [0.1, 0.15) is 5.82 Å². The number of aromatic nitrogens is 3. The minimum atomic E-state index is -0.311. The van der Waals surface area contributed by atoms with Crippen LogP contribution in [0, 0.1) is 5.82 Å². The Labute approximate surface area is 125 Å². The first-order valence-electron chi connectivity index (χ1n) is 6.17. The largest absolute Gasteiger partial charge is 0.468 e. The molecular formula is C13H15FN4O2S. The molecule has 0 radical (unpaired) electrons. The van der Waals surface area contributed by atoms with Crippen LogP contribution >= 0.6 is 11.8 Å². The molecule has 1 N–H and O–H groups in total. The number of carbonyl (C=O) groups is 1. The normalized spacial score (nSPS) is 10.4. The second-order valence-electron chi connectivity index (χ2n) is 4.18. The van der Waals surface area contributed by atoms with Gasteiger partial charge in [-0.05, 0) is 24.3 Å². The molecule has 6 nitrogen and oxygen atoms in total. The fourth-order valence-electron chi connectivity index (χ4n) is 1.56. The molecule has 1 aromatic heterocycles. The van der Waals surface area contributed by atoms with Gasteiger partial charge < -0.3 is 14.6 Å². The van der Waals surface area contributed by atoms with E-state index in [2.05, 4.69) is 20.3 Å². The van der Waals surface area contributed by atoms with Crippen molar-refractivity contribution in [2.75, 3.05) is 18.2 Å². The molecule has 21 heavy (non-hydrogen) atoms. The summed E-state index contributed by atoms with van der Waals surface area (Å²) < 4.78 is 19.2. The van der Waals surface area contributed by atoms with Crippen molar-refractivity contribution in [2.45, 2.75) is 11.7 Å². The van der Waals surface area contributed by atoms with Crippen molar-refractivity contribution in [3.05, 3.63) is 35.9 Å². The van der Waals surface area contributed by atoms with E-state index in [1.165, 1.54) is 31.0 Å². The van der Waals surface area contributed by atoms with Crippen LogP contribution in [0.5, 0.6) is 0 Å². The van der Waals surface area contributed by atoms with Gasteiger partial charge in [-0.2, -0.15) is 0 Å². The van der Waals surface area contributed by atoms with Crippen LogP contribution in [0.1, 0.15) is 5.82 Å². The average molecular weight is 310 g/mol. The Morgan fingerprint density at radius 1 is 1.38 bits per heavy atom. The third-order valence-corrected chi connectivity index (χ3v) is 3.76. The zero-order valence-electron chi connectivity index (χ0n) is 11.7. The Kier molecular flexibility index (Phi) is 5.15. The second kappa shape index (κ2) is 7.07. The molecular weight excluding hydrogens is 295 g/mol. The maximum atomic E-state index is 12.8. The smallest absolute Gasteiger partial charge is 0.316 e. The van der Waals surface area contributed by atoms with Gasteiger partial charge in [-0.3, -0.25) is 4.79 Å². The summed E-state index contributed by atoms with van der Waals surface area (Å²) in [4.78, 5) is 11.1. The summed E-state index contributed by atoms with van der Waals surface area (Å²) in [6.45, 7) is 0.452. The van der Waals surface area contributed by atoms with Crippen molar-refractivity contribution in [1.82, 2.24) is 14.8 Å². The van der Waals surface area contributed by atoms with E-state index in [1.54, 1.807) is 16.7 Å². The number of rotatable bonds is 6. The number of esters is 1. The first-order chi connectivity index (χ1) is 10.1. The fraction of sp³-hybridized carbons (Fsp3) is 0.308. The highest BCUT2D eigenvalue weighted by molar-refractivity contribution is 7.99. The monoisotopic (exact) mass is 310 g/mol. The number of nitrogens with one attached hydrogen (secondary N) is 1. The van der Waals surface area contributed by atoms with Crippen molar-refractivity contribution in [1.29, 1.82) is 0 Å². The van der Waals surface area contributed by atoms with Crippen LogP contribution < -0.4 is 5.32 Å². The standard InChI is InChI=1S/C13H15FN4O2S/c1-18-11(7-15-10-5-3-9(14)4-6-10)16-17-13(18)21-8-12(19)20-2/h3-6,15H,7-8H2,1-2H3. The predicted octanol–water partition coefficient (Wildman–Crippen LogP) is 1.83. The molecule has 112 valence electrons. The molecule has 2 rings (SSSR count). The van der Waals surface area contributed by atoms with Gasteiger partial charge in [0, 0.05) is 12.7 Å². The number of hydrogen-bond acceptors (Lipinski definition) is 6. The Hall–Kier alpha value is -2.09. The third-order valence-electron chi connectivity index (χ3n) is 2.77. The van der Waals surface area contributed by atoms with E-state index in [9.17, 15) is 9.18 Å². The number of benzene rings is 1. The topological polar surface area (TPSA) is 69.0 Å². The summed E-state index contributed by atoms with van der Waals surface area (Å²) in [7, 11) is 3.17. The van der Waals surface area contributed by atoms with Gasteiger partial charge in [0.15, 0.2) is 11.0 Å². The number of hydrogen-bond donors (Lipinski definition) is 1. The molecule has 0 aliphatic heterocycles. The molecule has 0 aliphatic carbocycles. The lowest BCUT2D eigenvalue weighted by atomic mass is 10.3. The Morgan fingerprint density at radius 2 is 2.10 bits per heavy atom. The van der Waals surface area contributed by atoms with E-state index in [1.807, 2.05) is 7.05 Å². The lowest BCUT2D eigenvalue weighted by Crippen LogP contribution is -2.07. The highest BCUT2D eigenvalue weighted by Crippen LogP contribution is 2.16. The van der Waals surface area contributed by atoms with Crippen molar-refractivity contribution >= 4 is 23.4 Å². The highest BCUT2D eigenvalue weighted by Gasteiger charge is 2.11. The zero-order chi connectivity index (χ0) is 15.2. The molecule has 0 atom stereocenters. The van der Waals surface area contributed by atoms with Crippen LogP contribution in [0.15, 0.2) is 29.4 Å². The molecule has 2 aromatic rings. The van der Waals surface area contributed by atoms with E-state index >= 15 is 0 Å². The molecule has 0 fully saturated rings. The van der Waals surface area contributed by atoms with Crippen LogP contribution in [-0.2, 0) is 23.1 Å². The number of halogens is 1. The number of carbonyl (C=O) groups excluding carboxylic acids is 1. The number of methoxy groups -OCH3 is 1. The minimum absolute atomic E-state index is 0.188. The van der Waals surface area contributed by atoms with Gasteiger partial charge in [0.25, 0.3) is 0 Å². The summed E-state index contributed by atoms with van der Waals surface area (Å²) in [6, 6.07) is 6.07. The van der Waals surface area contributed by atoms with Crippen LogP contribution in [0.4, 0.5) is 10.1 Å².